The molecule has 2 rings (SSSR count). The first-order valence-corrected chi connectivity index (χ1v) is 6.15. The Labute approximate surface area is 110 Å². The van der Waals surface area contributed by atoms with Gasteiger partial charge in [0.2, 0.25) is 0 Å². The summed E-state index contributed by atoms with van der Waals surface area (Å²) in [7, 11) is 0. The van der Waals surface area contributed by atoms with E-state index in [2.05, 4.69) is 0 Å². The van der Waals surface area contributed by atoms with Gasteiger partial charge in [-0.2, -0.15) is 0 Å². The quantitative estimate of drug-likeness (QED) is 0.894. The first kappa shape index (κ1) is 12.9. The maximum absolute atomic E-state index is 12.2. The van der Waals surface area contributed by atoms with Gasteiger partial charge in [-0.25, -0.2) is 0 Å². The maximum Gasteiger partial charge on any atom is 0.308 e. The Morgan fingerprint density at radius 1 is 1.44 bits per heavy atom. The number of hydrogen-bond donors (Lipinski definition) is 1. The lowest BCUT2D eigenvalue weighted by molar-refractivity contribution is -0.141. The number of carboxylic acid groups (broad SMARTS) is 1. The van der Waals surface area contributed by atoms with Crippen molar-refractivity contribution in [2.24, 2.45) is 5.92 Å². The van der Waals surface area contributed by atoms with E-state index in [4.69, 9.17) is 16.7 Å². The fourth-order valence-corrected chi connectivity index (χ4v) is 2.24. The molecule has 5 heteroatoms. The number of benzene rings is 1. The predicted molar refractivity (Wildman–Crippen MR) is 67.8 cm³/mol. The molecular formula is C13H14ClNO3. The van der Waals surface area contributed by atoms with Crippen molar-refractivity contribution in [3.63, 3.8) is 0 Å². The molecule has 1 N–H and O–H groups in total. The van der Waals surface area contributed by atoms with Gasteiger partial charge in [0.25, 0.3) is 5.91 Å². The number of aliphatic carboxylic acids is 1. The van der Waals surface area contributed by atoms with Crippen LogP contribution in [0.1, 0.15) is 22.3 Å². The molecule has 1 atom stereocenters. The second-order valence-corrected chi connectivity index (χ2v) is 4.95. The minimum atomic E-state index is -0.841. The Morgan fingerprint density at radius 3 is 2.72 bits per heavy atom. The number of rotatable bonds is 2. The lowest BCUT2D eigenvalue weighted by Crippen LogP contribution is -2.29. The molecular weight excluding hydrogens is 254 g/mol. The molecule has 1 fully saturated rings. The summed E-state index contributed by atoms with van der Waals surface area (Å²) in [5.41, 5.74) is 1.43. The van der Waals surface area contributed by atoms with E-state index in [0.717, 1.165) is 5.56 Å². The van der Waals surface area contributed by atoms with Crippen LogP contribution in [0.4, 0.5) is 0 Å². The van der Waals surface area contributed by atoms with Crippen molar-refractivity contribution in [2.45, 2.75) is 13.3 Å². The van der Waals surface area contributed by atoms with Crippen molar-refractivity contribution in [2.75, 3.05) is 13.1 Å². The summed E-state index contributed by atoms with van der Waals surface area (Å²) in [6.07, 6.45) is 0.515. The number of carboxylic acids is 1. The number of carbonyl (C=O) groups excluding carboxylic acids is 1. The van der Waals surface area contributed by atoms with Gasteiger partial charge in [0.05, 0.1) is 5.92 Å². The van der Waals surface area contributed by atoms with Gasteiger partial charge in [0.15, 0.2) is 0 Å². The van der Waals surface area contributed by atoms with Gasteiger partial charge in [-0.3, -0.25) is 9.59 Å². The normalized spacial score (nSPS) is 19.0. The van der Waals surface area contributed by atoms with Crippen molar-refractivity contribution in [3.05, 3.63) is 34.3 Å². The average Bonchev–Trinajstić information content (AvgIpc) is 2.81. The molecule has 0 spiro atoms. The molecule has 1 amide bonds. The molecule has 0 aliphatic carbocycles. The van der Waals surface area contributed by atoms with E-state index in [9.17, 15) is 9.59 Å². The standard InChI is InChI=1S/C13H14ClNO3/c1-8-2-3-9(6-11(8)14)12(16)15-5-4-10(7-15)13(17)18/h2-3,6,10H,4-5,7H2,1H3,(H,17,18). The van der Waals surface area contributed by atoms with Crippen LogP contribution in [0.5, 0.6) is 0 Å². The highest BCUT2D eigenvalue weighted by Crippen LogP contribution is 2.22. The smallest absolute Gasteiger partial charge is 0.308 e. The Balaban J connectivity index is 2.12. The van der Waals surface area contributed by atoms with Crippen LogP contribution in [0.3, 0.4) is 0 Å². The molecule has 1 saturated heterocycles. The lowest BCUT2D eigenvalue weighted by Gasteiger charge is -2.16. The molecule has 18 heavy (non-hydrogen) atoms. The first-order chi connectivity index (χ1) is 8.49. The number of nitrogens with zero attached hydrogens (tertiary/aromatic N) is 1. The van der Waals surface area contributed by atoms with Crippen molar-refractivity contribution in [1.29, 1.82) is 0 Å². The summed E-state index contributed by atoms with van der Waals surface area (Å²) >= 11 is 5.98. The summed E-state index contributed by atoms with van der Waals surface area (Å²) in [5.74, 6) is -1.44. The number of amides is 1. The lowest BCUT2D eigenvalue weighted by atomic mass is 10.1. The van der Waals surface area contributed by atoms with E-state index in [1.54, 1.807) is 23.1 Å². The summed E-state index contributed by atoms with van der Waals surface area (Å²) in [6.45, 7) is 2.63. The molecule has 1 aliphatic rings. The number of halogens is 1. The van der Waals surface area contributed by atoms with E-state index < -0.39 is 11.9 Å². The Kier molecular flexibility index (Phi) is 3.57. The van der Waals surface area contributed by atoms with E-state index in [0.29, 0.717) is 23.6 Å². The van der Waals surface area contributed by atoms with Crippen LogP contribution in [0.2, 0.25) is 5.02 Å². The molecule has 0 bridgehead atoms. The monoisotopic (exact) mass is 267 g/mol. The third-order valence-corrected chi connectivity index (χ3v) is 3.65. The molecule has 0 saturated carbocycles. The SMILES string of the molecule is Cc1ccc(C(=O)N2CCC(C(=O)O)C2)cc1Cl. The van der Waals surface area contributed by atoms with Gasteiger partial charge in [0, 0.05) is 23.7 Å². The van der Waals surface area contributed by atoms with Crippen molar-refractivity contribution < 1.29 is 14.7 Å². The second kappa shape index (κ2) is 4.98. The van der Waals surface area contributed by atoms with Crippen LogP contribution in [0.15, 0.2) is 18.2 Å². The highest BCUT2D eigenvalue weighted by atomic mass is 35.5. The van der Waals surface area contributed by atoms with E-state index in [-0.39, 0.29) is 12.5 Å². The van der Waals surface area contributed by atoms with Gasteiger partial charge in [-0.15, -0.1) is 0 Å². The van der Waals surface area contributed by atoms with Crippen LogP contribution >= 0.6 is 11.6 Å². The van der Waals surface area contributed by atoms with Gasteiger partial charge in [-0.1, -0.05) is 17.7 Å². The zero-order chi connectivity index (χ0) is 13.3. The predicted octanol–water partition coefficient (Wildman–Crippen LogP) is 2.20. The van der Waals surface area contributed by atoms with Crippen LogP contribution in [0, 0.1) is 12.8 Å². The Hall–Kier alpha value is -1.55. The molecule has 4 nitrogen and oxygen atoms in total. The van der Waals surface area contributed by atoms with Crippen molar-refractivity contribution in [3.8, 4) is 0 Å². The van der Waals surface area contributed by atoms with Crippen LogP contribution in [0.25, 0.3) is 0 Å². The van der Waals surface area contributed by atoms with Gasteiger partial charge < -0.3 is 10.0 Å². The van der Waals surface area contributed by atoms with Gasteiger partial charge >= 0.3 is 5.97 Å². The molecule has 96 valence electrons. The van der Waals surface area contributed by atoms with Crippen molar-refractivity contribution in [1.82, 2.24) is 4.90 Å². The molecule has 0 radical (unpaired) electrons. The van der Waals surface area contributed by atoms with Gasteiger partial charge in [-0.05, 0) is 31.0 Å². The largest absolute Gasteiger partial charge is 0.481 e. The fraction of sp³-hybridized carbons (Fsp3) is 0.385. The molecule has 1 aliphatic heterocycles. The highest BCUT2D eigenvalue weighted by molar-refractivity contribution is 6.31. The molecule has 1 heterocycles. The molecule has 1 unspecified atom stereocenters. The zero-order valence-electron chi connectivity index (χ0n) is 10.0. The van der Waals surface area contributed by atoms with E-state index in [1.165, 1.54) is 0 Å². The number of aryl methyl sites for hydroxylation is 1. The number of likely N-dealkylation sites (tertiary alicyclic amines) is 1. The van der Waals surface area contributed by atoms with Gasteiger partial charge in [0.1, 0.15) is 0 Å². The average molecular weight is 268 g/mol. The number of carbonyl (C=O) groups is 2. The third-order valence-electron chi connectivity index (χ3n) is 3.24. The molecule has 0 aromatic heterocycles. The minimum absolute atomic E-state index is 0.152. The highest BCUT2D eigenvalue weighted by Gasteiger charge is 2.31. The first-order valence-electron chi connectivity index (χ1n) is 5.77. The Bertz CT molecular complexity index is 501. The topological polar surface area (TPSA) is 57.6 Å². The van der Waals surface area contributed by atoms with Crippen LogP contribution in [-0.2, 0) is 4.79 Å². The van der Waals surface area contributed by atoms with E-state index >= 15 is 0 Å². The summed E-state index contributed by atoms with van der Waals surface area (Å²) in [5, 5.41) is 9.46. The van der Waals surface area contributed by atoms with Crippen LogP contribution < -0.4 is 0 Å². The summed E-state index contributed by atoms with van der Waals surface area (Å²) in [4.78, 5) is 24.6. The fourth-order valence-electron chi connectivity index (χ4n) is 2.05. The van der Waals surface area contributed by atoms with Crippen molar-refractivity contribution >= 4 is 23.5 Å². The maximum atomic E-state index is 12.2. The van der Waals surface area contributed by atoms with Crippen LogP contribution in [-0.4, -0.2) is 35.0 Å². The zero-order valence-corrected chi connectivity index (χ0v) is 10.8. The van der Waals surface area contributed by atoms with E-state index in [1.807, 2.05) is 6.92 Å². The number of hydrogen-bond acceptors (Lipinski definition) is 2. The Morgan fingerprint density at radius 2 is 2.17 bits per heavy atom. The second-order valence-electron chi connectivity index (χ2n) is 4.54. The summed E-state index contributed by atoms with van der Waals surface area (Å²) in [6, 6.07) is 5.14. The molecule has 1 aromatic carbocycles. The third kappa shape index (κ3) is 2.48. The molecule has 1 aromatic rings. The minimum Gasteiger partial charge on any atom is -0.481 e. The summed E-state index contributed by atoms with van der Waals surface area (Å²) < 4.78 is 0.